The van der Waals surface area contributed by atoms with Crippen LogP contribution in [0.5, 0.6) is 0 Å². The van der Waals surface area contributed by atoms with Gasteiger partial charge in [-0.15, -0.1) is 0 Å². The highest BCUT2D eigenvalue weighted by Crippen LogP contribution is 2.15. The molecule has 0 aliphatic heterocycles. The molecule has 0 saturated carbocycles. The van der Waals surface area contributed by atoms with Gasteiger partial charge in [0.1, 0.15) is 11.6 Å². The van der Waals surface area contributed by atoms with E-state index in [1.807, 2.05) is 12.1 Å². The molecule has 0 aliphatic carbocycles. The van der Waals surface area contributed by atoms with Crippen molar-refractivity contribution < 1.29 is 4.74 Å². The molecule has 4 nitrogen and oxygen atoms in total. The minimum Gasteiger partial charge on any atom is -0.383 e. The van der Waals surface area contributed by atoms with Gasteiger partial charge in [-0.1, -0.05) is 19.9 Å². The average molecular weight is 251 g/mol. The first-order valence-electron chi connectivity index (χ1n) is 6.62. The molecule has 1 aromatic rings. The fraction of sp³-hybridized carbons (Fsp3) is 0.643. The summed E-state index contributed by atoms with van der Waals surface area (Å²) in [5.41, 5.74) is 0. The number of rotatable bonds is 8. The van der Waals surface area contributed by atoms with E-state index in [1.165, 1.54) is 0 Å². The van der Waals surface area contributed by atoms with Gasteiger partial charge in [-0.3, -0.25) is 0 Å². The second-order valence-corrected chi connectivity index (χ2v) is 4.74. The minimum atomic E-state index is 0.603. The zero-order chi connectivity index (χ0) is 13.4. The quantitative estimate of drug-likeness (QED) is 0.770. The van der Waals surface area contributed by atoms with Gasteiger partial charge in [-0.25, -0.2) is 4.98 Å². The molecule has 0 aromatic carbocycles. The lowest BCUT2D eigenvalue weighted by molar-refractivity contribution is 0.204. The van der Waals surface area contributed by atoms with E-state index in [4.69, 9.17) is 4.74 Å². The molecule has 0 amide bonds. The smallest absolute Gasteiger partial charge is 0.131 e. The molecule has 0 fully saturated rings. The Kier molecular flexibility index (Phi) is 6.50. The van der Waals surface area contributed by atoms with Crippen LogP contribution in [-0.2, 0) is 4.74 Å². The van der Waals surface area contributed by atoms with E-state index < -0.39 is 0 Å². The number of pyridine rings is 1. The van der Waals surface area contributed by atoms with Crippen molar-refractivity contribution in [3.05, 3.63) is 18.2 Å². The molecule has 18 heavy (non-hydrogen) atoms. The lowest BCUT2D eigenvalue weighted by Crippen LogP contribution is -2.31. The predicted octanol–water partition coefficient (Wildman–Crippen LogP) is 2.62. The Morgan fingerprint density at radius 2 is 2.17 bits per heavy atom. The first kappa shape index (κ1) is 14.8. The molecule has 0 aliphatic rings. The van der Waals surface area contributed by atoms with Gasteiger partial charge >= 0.3 is 0 Å². The summed E-state index contributed by atoms with van der Waals surface area (Å²) in [7, 11) is 1.73. The van der Waals surface area contributed by atoms with Crippen LogP contribution in [0.3, 0.4) is 0 Å². The molecule has 0 saturated heterocycles. The fourth-order valence-corrected chi connectivity index (χ4v) is 1.82. The maximum absolute atomic E-state index is 5.17. The van der Waals surface area contributed by atoms with Crippen LogP contribution in [0.15, 0.2) is 18.2 Å². The molecule has 0 atom stereocenters. The lowest BCUT2D eigenvalue weighted by Gasteiger charge is -2.25. The second kappa shape index (κ2) is 7.93. The number of ether oxygens (including phenoxy) is 1. The van der Waals surface area contributed by atoms with Crippen LogP contribution in [0, 0.1) is 5.92 Å². The van der Waals surface area contributed by atoms with Gasteiger partial charge in [0.25, 0.3) is 0 Å². The van der Waals surface area contributed by atoms with Gasteiger partial charge in [0.2, 0.25) is 0 Å². The van der Waals surface area contributed by atoms with E-state index in [1.54, 1.807) is 7.11 Å². The zero-order valence-corrected chi connectivity index (χ0v) is 11.9. The fourth-order valence-electron chi connectivity index (χ4n) is 1.82. The normalized spacial score (nSPS) is 10.7. The van der Waals surface area contributed by atoms with Crippen molar-refractivity contribution in [2.75, 3.05) is 43.6 Å². The summed E-state index contributed by atoms with van der Waals surface area (Å²) in [6, 6.07) is 6.09. The predicted molar refractivity (Wildman–Crippen MR) is 77.3 cm³/mol. The molecule has 1 rings (SSSR count). The SMILES string of the molecule is CCNc1cccc(N(CCOC)CC(C)C)n1. The van der Waals surface area contributed by atoms with Crippen molar-refractivity contribution in [3.8, 4) is 0 Å². The number of hydrogen-bond donors (Lipinski definition) is 1. The first-order chi connectivity index (χ1) is 8.67. The number of hydrogen-bond acceptors (Lipinski definition) is 4. The van der Waals surface area contributed by atoms with Gasteiger partial charge in [0.05, 0.1) is 6.61 Å². The van der Waals surface area contributed by atoms with Crippen LogP contribution < -0.4 is 10.2 Å². The average Bonchev–Trinajstić information content (AvgIpc) is 2.35. The van der Waals surface area contributed by atoms with Crippen molar-refractivity contribution in [2.24, 2.45) is 5.92 Å². The van der Waals surface area contributed by atoms with E-state index in [9.17, 15) is 0 Å². The second-order valence-electron chi connectivity index (χ2n) is 4.74. The Balaban J connectivity index is 2.78. The summed E-state index contributed by atoms with van der Waals surface area (Å²) >= 11 is 0. The highest BCUT2D eigenvalue weighted by atomic mass is 16.5. The standard InChI is InChI=1S/C14H25N3O/c1-5-15-13-7-6-8-14(16-13)17(9-10-18-4)11-12(2)3/h6-8,12H,5,9-11H2,1-4H3,(H,15,16). The molecular formula is C14H25N3O. The van der Waals surface area contributed by atoms with E-state index in [2.05, 4.69) is 42.0 Å². The van der Waals surface area contributed by atoms with E-state index >= 15 is 0 Å². The van der Waals surface area contributed by atoms with Crippen LogP contribution in [0.4, 0.5) is 11.6 Å². The van der Waals surface area contributed by atoms with Crippen LogP contribution in [0.1, 0.15) is 20.8 Å². The Morgan fingerprint density at radius 1 is 1.39 bits per heavy atom. The Labute approximate surface area is 110 Å². The summed E-state index contributed by atoms with van der Waals surface area (Å²) in [6.07, 6.45) is 0. The summed E-state index contributed by atoms with van der Waals surface area (Å²) in [5, 5.41) is 3.24. The summed E-state index contributed by atoms with van der Waals surface area (Å²) < 4.78 is 5.17. The summed E-state index contributed by atoms with van der Waals surface area (Å²) in [6.45, 7) is 9.98. The largest absolute Gasteiger partial charge is 0.383 e. The van der Waals surface area contributed by atoms with Gasteiger partial charge in [0, 0.05) is 26.7 Å². The highest BCUT2D eigenvalue weighted by Gasteiger charge is 2.10. The third-order valence-electron chi connectivity index (χ3n) is 2.57. The third kappa shape index (κ3) is 4.92. The Bertz CT molecular complexity index is 342. The molecular weight excluding hydrogens is 226 g/mol. The van der Waals surface area contributed by atoms with Gasteiger partial charge in [0.15, 0.2) is 0 Å². The van der Waals surface area contributed by atoms with Crippen molar-refractivity contribution in [2.45, 2.75) is 20.8 Å². The van der Waals surface area contributed by atoms with E-state index in [0.29, 0.717) is 5.92 Å². The number of anilines is 2. The van der Waals surface area contributed by atoms with Crippen LogP contribution in [0.25, 0.3) is 0 Å². The molecule has 1 aromatic heterocycles. The summed E-state index contributed by atoms with van der Waals surface area (Å²) in [4.78, 5) is 6.90. The van der Waals surface area contributed by atoms with Crippen molar-refractivity contribution in [1.29, 1.82) is 0 Å². The van der Waals surface area contributed by atoms with Crippen LogP contribution in [-0.4, -0.2) is 38.3 Å². The van der Waals surface area contributed by atoms with Gasteiger partial charge < -0.3 is 15.0 Å². The molecule has 1 N–H and O–H groups in total. The van der Waals surface area contributed by atoms with Gasteiger partial charge in [-0.05, 0) is 25.0 Å². The topological polar surface area (TPSA) is 37.4 Å². The molecule has 102 valence electrons. The molecule has 1 heterocycles. The maximum Gasteiger partial charge on any atom is 0.131 e. The highest BCUT2D eigenvalue weighted by molar-refractivity contribution is 5.47. The summed E-state index contributed by atoms with van der Waals surface area (Å²) in [5.74, 6) is 2.55. The lowest BCUT2D eigenvalue weighted by atomic mass is 10.2. The first-order valence-corrected chi connectivity index (χ1v) is 6.62. The molecule has 0 spiro atoms. The monoisotopic (exact) mass is 251 g/mol. The van der Waals surface area contributed by atoms with Crippen LogP contribution >= 0.6 is 0 Å². The van der Waals surface area contributed by atoms with Gasteiger partial charge in [-0.2, -0.15) is 0 Å². The van der Waals surface area contributed by atoms with Crippen molar-refractivity contribution >= 4 is 11.6 Å². The van der Waals surface area contributed by atoms with E-state index in [-0.39, 0.29) is 0 Å². The zero-order valence-electron chi connectivity index (χ0n) is 11.9. The van der Waals surface area contributed by atoms with Crippen LogP contribution in [0.2, 0.25) is 0 Å². The Morgan fingerprint density at radius 3 is 2.78 bits per heavy atom. The number of nitrogens with one attached hydrogen (secondary N) is 1. The molecule has 0 radical (unpaired) electrons. The van der Waals surface area contributed by atoms with Crippen molar-refractivity contribution in [1.82, 2.24) is 4.98 Å². The molecule has 4 heteroatoms. The molecule has 0 unspecified atom stereocenters. The van der Waals surface area contributed by atoms with E-state index in [0.717, 1.165) is 37.9 Å². The number of nitrogens with zero attached hydrogens (tertiary/aromatic N) is 2. The number of aromatic nitrogens is 1. The third-order valence-corrected chi connectivity index (χ3v) is 2.57. The number of methoxy groups -OCH3 is 1. The minimum absolute atomic E-state index is 0.603. The van der Waals surface area contributed by atoms with Crippen molar-refractivity contribution in [3.63, 3.8) is 0 Å². The molecule has 0 bridgehead atoms. The maximum atomic E-state index is 5.17. The Hall–Kier alpha value is -1.29.